The molecule has 2 aliphatic rings. The van der Waals surface area contributed by atoms with Gasteiger partial charge in [0.2, 0.25) is 0 Å². The van der Waals surface area contributed by atoms with Crippen LogP contribution in [0.3, 0.4) is 0 Å². The maximum atomic E-state index is 13.3. The van der Waals surface area contributed by atoms with Crippen molar-refractivity contribution in [2.24, 2.45) is 0 Å². The predicted molar refractivity (Wildman–Crippen MR) is 141 cm³/mol. The first-order chi connectivity index (χ1) is 20.2. The van der Waals surface area contributed by atoms with Crippen molar-refractivity contribution < 1.29 is 43.2 Å². The Morgan fingerprint density at radius 1 is 0.429 bits per heavy atom. The molecule has 0 aromatic heterocycles. The third kappa shape index (κ3) is 4.31. The van der Waals surface area contributed by atoms with Crippen LogP contribution < -0.4 is 0 Å². The number of ketones is 1. The highest BCUT2D eigenvalue weighted by molar-refractivity contribution is 6.24. The van der Waals surface area contributed by atoms with Crippen molar-refractivity contribution >= 4 is 41.4 Å². The zero-order valence-electron chi connectivity index (χ0n) is 21.3. The zero-order chi connectivity index (χ0) is 29.5. The summed E-state index contributed by atoms with van der Waals surface area (Å²) >= 11 is 0. The van der Waals surface area contributed by atoms with Gasteiger partial charge < -0.3 is 9.68 Å². The van der Waals surface area contributed by atoms with E-state index in [2.05, 4.69) is 0 Å². The number of carbonyl (C=O) groups excluding carboxylic acids is 7. The Kier molecular flexibility index (Phi) is 6.23. The van der Waals surface area contributed by atoms with E-state index in [9.17, 15) is 33.6 Å². The van der Waals surface area contributed by atoms with Crippen LogP contribution in [0.5, 0.6) is 0 Å². The number of imide groups is 2. The van der Waals surface area contributed by atoms with Gasteiger partial charge in [0.25, 0.3) is 23.6 Å². The van der Waals surface area contributed by atoms with E-state index in [1.165, 1.54) is 60.7 Å². The Hall–Kier alpha value is -6.23. The van der Waals surface area contributed by atoms with E-state index in [-0.39, 0.29) is 44.5 Å². The Morgan fingerprint density at radius 3 is 1.17 bits per heavy atom. The summed E-state index contributed by atoms with van der Waals surface area (Å²) in [4.78, 5) is 99.5. The molecule has 0 radical (unpaired) electrons. The van der Waals surface area contributed by atoms with Crippen LogP contribution in [0, 0.1) is 0 Å². The molecule has 0 bridgehead atoms. The lowest BCUT2D eigenvalue weighted by atomic mass is 9.96. The Bertz CT molecular complexity index is 1730. The first kappa shape index (κ1) is 26.0. The summed E-state index contributed by atoms with van der Waals surface area (Å²) in [6.45, 7) is 0. The number of fused-ring (bicyclic) bond motifs is 2. The molecule has 11 heteroatoms. The summed E-state index contributed by atoms with van der Waals surface area (Å²) in [6, 6.07) is 23.1. The number of nitrogens with zero attached hydrogens (tertiary/aromatic N) is 2. The van der Waals surface area contributed by atoms with Crippen LogP contribution in [0.25, 0.3) is 0 Å². The van der Waals surface area contributed by atoms with Gasteiger partial charge >= 0.3 is 11.9 Å². The van der Waals surface area contributed by atoms with Gasteiger partial charge in [-0.05, 0) is 48.5 Å². The van der Waals surface area contributed by atoms with Crippen LogP contribution in [0.2, 0.25) is 0 Å². The predicted octanol–water partition coefficient (Wildman–Crippen LogP) is 3.65. The molecule has 2 heterocycles. The van der Waals surface area contributed by atoms with Crippen LogP contribution in [0.1, 0.15) is 78.1 Å². The van der Waals surface area contributed by atoms with E-state index in [4.69, 9.17) is 9.68 Å². The summed E-state index contributed by atoms with van der Waals surface area (Å²) in [5, 5.41) is 0.665. The van der Waals surface area contributed by atoms with Gasteiger partial charge in [0.15, 0.2) is 5.78 Å². The van der Waals surface area contributed by atoms with Crippen molar-refractivity contribution in [1.29, 1.82) is 0 Å². The summed E-state index contributed by atoms with van der Waals surface area (Å²) < 4.78 is 0. The van der Waals surface area contributed by atoms with Gasteiger partial charge in [-0.15, -0.1) is 0 Å². The fourth-order valence-corrected chi connectivity index (χ4v) is 4.47. The molecule has 11 nitrogen and oxygen atoms in total. The molecule has 4 amide bonds. The SMILES string of the molecule is O=C(ON1C(=O)c2ccc(C(=O)c3ccc4c(c3)C(=O)N(OC(=O)c3ccccc3)C4=O)cc2C1=O)c1ccccc1. The minimum absolute atomic E-state index is 0.00443. The normalized spacial score (nSPS) is 13.6. The standard InChI is InChI=1S/C31H16N2O9/c34-25(19-11-13-21-23(15-19)28(37)32(26(21)35)41-30(39)17-7-3-1-4-8-17)20-12-14-22-24(16-20)29(38)33(27(22)36)42-31(40)18-9-5-2-6-10-18/h1-16H. The van der Waals surface area contributed by atoms with Gasteiger partial charge in [-0.3, -0.25) is 24.0 Å². The molecule has 2 aliphatic heterocycles. The number of rotatable bonds is 6. The quantitative estimate of drug-likeness (QED) is 0.255. The lowest BCUT2D eigenvalue weighted by Gasteiger charge is -2.12. The lowest BCUT2D eigenvalue weighted by molar-refractivity contribution is -0.0584. The molecule has 4 aromatic rings. The summed E-state index contributed by atoms with van der Waals surface area (Å²) in [5.41, 5.74) is -0.196. The van der Waals surface area contributed by atoms with E-state index in [1.807, 2.05) is 0 Å². The highest BCUT2D eigenvalue weighted by atomic mass is 16.7. The molecule has 42 heavy (non-hydrogen) atoms. The minimum atomic E-state index is -0.931. The monoisotopic (exact) mass is 560 g/mol. The second-order valence-corrected chi connectivity index (χ2v) is 9.15. The lowest BCUT2D eigenvalue weighted by Crippen LogP contribution is -2.32. The van der Waals surface area contributed by atoms with Crippen molar-refractivity contribution in [1.82, 2.24) is 10.1 Å². The largest absolute Gasteiger partial charge is 0.363 e. The number of hydrogen-bond donors (Lipinski definition) is 0. The fourth-order valence-electron chi connectivity index (χ4n) is 4.47. The number of hydrogen-bond acceptors (Lipinski definition) is 9. The molecule has 0 saturated heterocycles. The number of benzene rings is 4. The summed E-state index contributed by atoms with van der Waals surface area (Å²) in [7, 11) is 0. The van der Waals surface area contributed by atoms with Gasteiger partial charge in [-0.1, -0.05) is 58.7 Å². The molecular formula is C31H16N2O9. The molecule has 0 saturated carbocycles. The molecule has 204 valence electrons. The molecular weight excluding hydrogens is 544 g/mol. The molecule has 0 spiro atoms. The molecule has 4 aromatic carbocycles. The Morgan fingerprint density at radius 2 is 0.786 bits per heavy atom. The van der Waals surface area contributed by atoms with Gasteiger partial charge in [0.1, 0.15) is 0 Å². The first-order valence-corrected chi connectivity index (χ1v) is 12.4. The molecule has 0 atom stereocenters. The van der Waals surface area contributed by atoms with Crippen molar-refractivity contribution in [2.45, 2.75) is 0 Å². The van der Waals surface area contributed by atoms with Crippen LogP contribution in [-0.2, 0) is 9.68 Å². The van der Waals surface area contributed by atoms with E-state index in [0.29, 0.717) is 10.1 Å². The third-order valence-corrected chi connectivity index (χ3v) is 6.59. The van der Waals surface area contributed by atoms with Crippen molar-refractivity contribution in [3.8, 4) is 0 Å². The first-order valence-electron chi connectivity index (χ1n) is 12.4. The van der Waals surface area contributed by atoms with Gasteiger partial charge in [-0.2, -0.15) is 0 Å². The highest BCUT2D eigenvalue weighted by Crippen LogP contribution is 2.28. The highest BCUT2D eigenvalue weighted by Gasteiger charge is 2.41. The smallest absolute Gasteiger partial charge is 0.324 e. The molecule has 0 fully saturated rings. The van der Waals surface area contributed by atoms with Crippen LogP contribution in [0.15, 0.2) is 97.1 Å². The second kappa shape index (κ2) is 10.1. The van der Waals surface area contributed by atoms with Crippen molar-refractivity contribution in [3.63, 3.8) is 0 Å². The second-order valence-electron chi connectivity index (χ2n) is 9.15. The molecule has 0 aliphatic carbocycles. The third-order valence-electron chi connectivity index (χ3n) is 6.59. The molecule has 0 N–H and O–H groups in total. The van der Waals surface area contributed by atoms with Gasteiger partial charge in [-0.25, -0.2) is 9.59 Å². The Labute approximate surface area is 236 Å². The van der Waals surface area contributed by atoms with Crippen LogP contribution in [0.4, 0.5) is 0 Å². The van der Waals surface area contributed by atoms with Crippen molar-refractivity contribution in [3.05, 3.63) is 142 Å². The topological polar surface area (TPSA) is 144 Å². The number of amides is 4. The average molecular weight is 560 g/mol. The van der Waals surface area contributed by atoms with Crippen molar-refractivity contribution in [2.75, 3.05) is 0 Å². The number of carbonyl (C=O) groups is 7. The van der Waals surface area contributed by atoms with Crippen LogP contribution >= 0.6 is 0 Å². The number of hydroxylamine groups is 4. The Balaban J connectivity index is 1.22. The average Bonchev–Trinajstić information content (AvgIpc) is 3.40. The summed E-state index contributed by atoms with van der Waals surface area (Å²) in [5.74, 6) is -6.06. The fraction of sp³-hybridized carbons (Fsp3) is 0. The maximum absolute atomic E-state index is 13.3. The van der Waals surface area contributed by atoms with Gasteiger partial charge in [0.05, 0.1) is 33.4 Å². The maximum Gasteiger partial charge on any atom is 0.363 e. The molecule has 0 unspecified atom stereocenters. The van der Waals surface area contributed by atoms with E-state index < -0.39 is 41.4 Å². The summed E-state index contributed by atoms with van der Waals surface area (Å²) in [6.07, 6.45) is 0. The zero-order valence-corrected chi connectivity index (χ0v) is 21.3. The van der Waals surface area contributed by atoms with E-state index >= 15 is 0 Å². The van der Waals surface area contributed by atoms with E-state index in [0.717, 1.165) is 0 Å². The van der Waals surface area contributed by atoms with E-state index in [1.54, 1.807) is 36.4 Å². The molecule has 6 rings (SSSR count). The minimum Gasteiger partial charge on any atom is -0.324 e. The van der Waals surface area contributed by atoms with Gasteiger partial charge in [0, 0.05) is 11.1 Å². The van der Waals surface area contributed by atoms with Crippen LogP contribution in [-0.4, -0.2) is 51.5 Å².